The van der Waals surface area contributed by atoms with E-state index in [4.69, 9.17) is 14.6 Å². The molecule has 0 amide bonds. The van der Waals surface area contributed by atoms with Crippen LogP contribution in [0.25, 0.3) is 11.1 Å². The van der Waals surface area contributed by atoms with Crippen molar-refractivity contribution in [3.8, 4) is 22.6 Å². The highest BCUT2D eigenvalue weighted by molar-refractivity contribution is 5.77. The zero-order valence-corrected chi connectivity index (χ0v) is 17.8. The van der Waals surface area contributed by atoms with E-state index in [1.54, 1.807) is 37.4 Å². The van der Waals surface area contributed by atoms with E-state index in [2.05, 4.69) is 0 Å². The van der Waals surface area contributed by atoms with Gasteiger partial charge in [-0.2, -0.15) is 13.2 Å². The molecule has 0 atom stereocenters. The summed E-state index contributed by atoms with van der Waals surface area (Å²) in [4.78, 5) is 13.0. The van der Waals surface area contributed by atoms with Gasteiger partial charge in [-0.05, 0) is 53.6 Å². The first kappa shape index (κ1) is 22.5. The molecule has 0 aliphatic carbocycles. The number of aliphatic carboxylic acids is 1. The number of carboxylic acid groups (broad SMARTS) is 1. The third-order valence-electron chi connectivity index (χ3n) is 5.59. The van der Waals surface area contributed by atoms with Crippen molar-refractivity contribution in [1.29, 1.82) is 0 Å². The highest BCUT2D eigenvalue weighted by atomic mass is 19.4. The van der Waals surface area contributed by atoms with E-state index in [0.717, 1.165) is 23.4 Å². The third kappa shape index (κ3) is 5.05. The third-order valence-corrected chi connectivity index (χ3v) is 5.59. The number of halogens is 3. The van der Waals surface area contributed by atoms with Crippen LogP contribution in [-0.4, -0.2) is 31.3 Å². The van der Waals surface area contributed by atoms with E-state index in [1.807, 2.05) is 23.1 Å². The van der Waals surface area contributed by atoms with Crippen molar-refractivity contribution in [1.82, 2.24) is 0 Å². The standard InChI is InChI=1S/C25H22F3NO4/c1-32-21-7-2-4-16(10-21)15-33-23-9-8-19(25(26,27)28)12-22(23)17-5-3-6-20(11-17)29-13-18(14-29)24(30)31/h2-12,18H,13-15H2,1H3,(H,30,31). The van der Waals surface area contributed by atoms with Crippen molar-refractivity contribution >= 4 is 11.7 Å². The number of methoxy groups -OCH3 is 1. The van der Waals surface area contributed by atoms with E-state index >= 15 is 0 Å². The number of ether oxygens (including phenoxy) is 2. The van der Waals surface area contributed by atoms with Gasteiger partial charge in [0.15, 0.2) is 0 Å². The van der Waals surface area contributed by atoms with Crippen LogP contribution in [0.5, 0.6) is 11.5 Å². The van der Waals surface area contributed by atoms with Crippen molar-refractivity contribution in [2.24, 2.45) is 5.92 Å². The van der Waals surface area contributed by atoms with Gasteiger partial charge in [-0.1, -0.05) is 24.3 Å². The van der Waals surface area contributed by atoms with Crippen LogP contribution in [0.3, 0.4) is 0 Å². The Labute approximate surface area is 189 Å². The van der Waals surface area contributed by atoms with Crippen LogP contribution in [0.15, 0.2) is 66.7 Å². The van der Waals surface area contributed by atoms with E-state index in [-0.39, 0.29) is 6.61 Å². The van der Waals surface area contributed by atoms with Crippen molar-refractivity contribution in [3.63, 3.8) is 0 Å². The van der Waals surface area contributed by atoms with Gasteiger partial charge in [0, 0.05) is 24.3 Å². The van der Waals surface area contributed by atoms with E-state index in [1.165, 1.54) is 6.07 Å². The summed E-state index contributed by atoms with van der Waals surface area (Å²) in [7, 11) is 1.55. The zero-order chi connectivity index (χ0) is 23.6. The molecule has 1 saturated heterocycles. The first-order valence-electron chi connectivity index (χ1n) is 10.3. The molecule has 1 fully saturated rings. The fraction of sp³-hybridized carbons (Fsp3) is 0.240. The first-order chi connectivity index (χ1) is 15.7. The molecule has 33 heavy (non-hydrogen) atoms. The molecule has 3 aromatic carbocycles. The lowest BCUT2D eigenvalue weighted by atomic mass is 9.97. The number of nitrogens with zero attached hydrogens (tertiary/aromatic N) is 1. The molecule has 172 valence electrons. The van der Waals surface area contributed by atoms with Crippen molar-refractivity contribution < 1.29 is 32.5 Å². The molecule has 0 radical (unpaired) electrons. The van der Waals surface area contributed by atoms with E-state index < -0.39 is 23.6 Å². The molecule has 5 nitrogen and oxygen atoms in total. The summed E-state index contributed by atoms with van der Waals surface area (Å²) < 4.78 is 51.4. The normalized spacial score (nSPS) is 14.0. The maximum atomic E-state index is 13.4. The molecule has 1 heterocycles. The van der Waals surface area contributed by atoms with Crippen LogP contribution in [0.4, 0.5) is 18.9 Å². The molecule has 1 N–H and O–H groups in total. The van der Waals surface area contributed by atoms with Crippen molar-refractivity contribution in [2.45, 2.75) is 12.8 Å². The van der Waals surface area contributed by atoms with Crippen LogP contribution in [0.1, 0.15) is 11.1 Å². The second kappa shape index (κ2) is 9.05. The fourth-order valence-electron chi connectivity index (χ4n) is 3.70. The fourth-order valence-corrected chi connectivity index (χ4v) is 3.70. The SMILES string of the molecule is COc1cccc(COc2ccc(C(F)(F)F)cc2-c2cccc(N3CC(C(=O)O)C3)c2)c1. The maximum Gasteiger partial charge on any atom is 0.416 e. The monoisotopic (exact) mass is 457 g/mol. The van der Waals surface area contributed by atoms with Gasteiger partial charge in [-0.25, -0.2) is 0 Å². The Hall–Kier alpha value is -3.68. The lowest BCUT2D eigenvalue weighted by molar-refractivity contribution is -0.142. The van der Waals surface area contributed by atoms with Crippen molar-refractivity contribution in [2.75, 3.05) is 25.1 Å². The topological polar surface area (TPSA) is 59.0 Å². The molecule has 0 aromatic heterocycles. The lowest BCUT2D eigenvalue weighted by Gasteiger charge is -2.38. The maximum absolute atomic E-state index is 13.4. The van der Waals surface area contributed by atoms with E-state index in [9.17, 15) is 18.0 Å². The minimum atomic E-state index is -4.50. The summed E-state index contributed by atoms with van der Waals surface area (Å²) in [5.41, 5.74) is 1.66. The quantitative estimate of drug-likeness (QED) is 0.509. The molecular formula is C25H22F3NO4. The number of benzene rings is 3. The number of alkyl halides is 3. The first-order valence-corrected chi connectivity index (χ1v) is 10.3. The largest absolute Gasteiger partial charge is 0.497 e. The summed E-state index contributed by atoms with van der Waals surface area (Å²) in [5, 5.41) is 9.10. The average Bonchev–Trinajstić information content (AvgIpc) is 2.76. The Morgan fingerprint density at radius 3 is 2.52 bits per heavy atom. The summed E-state index contributed by atoms with van der Waals surface area (Å²) >= 11 is 0. The predicted molar refractivity (Wildman–Crippen MR) is 118 cm³/mol. The van der Waals surface area contributed by atoms with Crippen LogP contribution in [0.2, 0.25) is 0 Å². The average molecular weight is 457 g/mol. The Balaban J connectivity index is 1.64. The molecule has 0 bridgehead atoms. The lowest BCUT2D eigenvalue weighted by Crippen LogP contribution is -2.50. The summed E-state index contributed by atoms with van der Waals surface area (Å²) in [6, 6.07) is 17.7. The smallest absolute Gasteiger partial charge is 0.416 e. The van der Waals surface area contributed by atoms with Gasteiger partial charge in [0.2, 0.25) is 0 Å². The van der Waals surface area contributed by atoms with Gasteiger partial charge >= 0.3 is 12.1 Å². The summed E-state index contributed by atoms with van der Waals surface area (Å²) in [5.74, 6) is -0.321. The van der Waals surface area contributed by atoms with Crippen LogP contribution in [0, 0.1) is 5.92 Å². The summed E-state index contributed by atoms with van der Waals surface area (Å²) in [6.07, 6.45) is -4.50. The second-order valence-electron chi connectivity index (χ2n) is 7.84. The zero-order valence-electron chi connectivity index (χ0n) is 17.8. The van der Waals surface area contributed by atoms with Gasteiger partial charge in [0.05, 0.1) is 18.6 Å². The van der Waals surface area contributed by atoms with Gasteiger partial charge in [0.25, 0.3) is 0 Å². The van der Waals surface area contributed by atoms with Gasteiger partial charge in [0.1, 0.15) is 18.1 Å². The van der Waals surface area contributed by atoms with Crippen LogP contribution in [-0.2, 0) is 17.6 Å². The van der Waals surface area contributed by atoms with Crippen LogP contribution >= 0.6 is 0 Å². The minimum Gasteiger partial charge on any atom is -0.497 e. The summed E-state index contributed by atoms with van der Waals surface area (Å²) in [6.45, 7) is 0.878. The molecule has 4 rings (SSSR count). The molecular weight excluding hydrogens is 435 g/mol. The number of rotatable bonds is 7. The Morgan fingerprint density at radius 1 is 1.06 bits per heavy atom. The molecule has 0 spiro atoms. The number of anilines is 1. The number of hydrogen-bond acceptors (Lipinski definition) is 4. The second-order valence-corrected chi connectivity index (χ2v) is 7.84. The minimum absolute atomic E-state index is 0.154. The van der Waals surface area contributed by atoms with Crippen LogP contribution < -0.4 is 14.4 Å². The number of carboxylic acids is 1. The molecule has 1 aliphatic heterocycles. The molecule has 0 unspecified atom stereocenters. The highest BCUT2D eigenvalue weighted by Gasteiger charge is 2.33. The Bertz CT molecular complexity index is 1160. The highest BCUT2D eigenvalue weighted by Crippen LogP contribution is 2.39. The Kier molecular flexibility index (Phi) is 6.18. The molecule has 0 saturated carbocycles. The van der Waals surface area contributed by atoms with Gasteiger partial charge < -0.3 is 19.5 Å². The van der Waals surface area contributed by atoms with Crippen molar-refractivity contribution in [3.05, 3.63) is 77.9 Å². The molecule has 1 aliphatic rings. The van der Waals surface area contributed by atoms with Gasteiger partial charge in [-0.15, -0.1) is 0 Å². The predicted octanol–water partition coefficient (Wildman–Crippen LogP) is 5.48. The molecule has 3 aromatic rings. The molecule has 8 heteroatoms. The Morgan fingerprint density at radius 2 is 1.82 bits per heavy atom. The number of hydrogen-bond donors (Lipinski definition) is 1. The van der Waals surface area contributed by atoms with E-state index in [0.29, 0.717) is 35.7 Å². The van der Waals surface area contributed by atoms with Gasteiger partial charge in [-0.3, -0.25) is 4.79 Å². The number of carbonyl (C=O) groups is 1.